The summed E-state index contributed by atoms with van der Waals surface area (Å²) in [5.74, 6) is 0.699. The monoisotopic (exact) mass is 585 g/mol. The van der Waals surface area contributed by atoms with Crippen molar-refractivity contribution in [3.63, 3.8) is 0 Å². The van der Waals surface area contributed by atoms with Crippen LogP contribution in [0.3, 0.4) is 0 Å². The van der Waals surface area contributed by atoms with Crippen molar-refractivity contribution < 1.29 is 14.3 Å². The van der Waals surface area contributed by atoms with E-state index < -0.39 is 0 Å². The van der Waals surface area contributed by atoms with Crippen molar-refractivity contribution in [3.05, 3.63) is 112 Å². The number of rotatable bonds is 9. The number of amides is 2. The number of halogens is 1. The molecule has 0 aromatic heterocycles. The summed E-state index contributed by atoms with van der Waals surface area (Å²) in [6.45, 7) is 4.13. The van der Waals surface area contributed by atoms with Crippen molar-refractivity contribution >= 4 is 38.5 Å². The average Bonchev–Trinajstić information content (AvgIpc) is 2.97. The quantitative estimate of drug-likeness (QED) is 0.294. The summed E-state index contributed by atoms with van der Waals surface area (Å²) in [4.78, 5) is 29.6. The van der Waals surface area contributed by atoms with E-state index in [0.29, 0.717) is 19.7 Å². The van der Waals surface area contributed by atoms with Crippen molar-refractivity contribution in [3.8, 4) is 5.75 Å². The van der Waals surface area contributed by atoms with Gasteiger partial charge in [-0.25, -0.2) is 0 Å². The summed E-state index contributed by atoms with van der Waals surface area (Å²) in [5, 5.41) is 4.99. The van der Waals surface area contributed by atoms with Gasteiger partial charge in [-0.15, -0.1) is 0 Å². The van der Waals surface area contributed by atoms with E-state index in [0.717, 1.165) is 57.3 Å². The van der Waals surface area contributed by atoms with Crippen LogP contribution in [-0.4, -0.2) is 54.3 Å². The molecule has 0 radical (unpaired) electrons. The van der Waals surface area contributed by atoms with Gasteiger partial charge in [0.2, 0.25) is 11.8 Å². The summed E-state index contributed by atoms with van der Waals surface area (Å²) in [6.07, 6.45) is 0.256. The molecule has 39 heavy (non-hydrogen) atoms. The number of fused-ring (bicyclic) bond motifs is 1. The SMILES string of the molecule is O=C(Cc1cccc2ccccc12)NCC(=O)N1CCN(Cc2ccccc2OCc2ccc(Br)cc2)CC1. The highest BCUT2D eigenvalue weighted by atomic mass is 79.9. The van der Waals surface area contributed by atoms with Crippen LogP contribution < -0.4 is 10.1 Å². The highest BCUT2D eigenvalue weighted by Crippen LogP contribution is 2.23. The van der Waals surface area contributed by atoms with Crippen LogP contribution in [0.2, 0.25) is 0 Å². The highest BCUT2D eigenvalue weighted by molar-refractivity contribution is 9.10. The van der Waals surface area contributed by atoms with Crippen LogP contribution in [0.1, 0.15) is 16.7 Å². The fourth-order valence-corrected chi connectivity index (χ4v) is 5.15. The second kappa shape index (κ2) is 12.9. The normalized spacial score (nSPS) is 13.8. The van der Waals surface area contributed by atoms with Crippen LogP contribution in [0.25, 0.3) is 10.8 Å². The first-order valence-corrected chi connectivity index (χ1v) is 14.0. The van der Waals surface area contributed by atoms with Crippen LogP contribution in [0.15, 0.2) is 95.5 Å². The van der Waals surface area contributed by atoms with Crippen LogP contribution in [0.5, 0.6) is 5.75 Å². The van der Waals surface area contributed by atoms with Crippen molar-refractivity contribution in [2.45, 2.75) is 19.6 Å². The molecule has 0 saturated carbocycles. The lowest BCUT2D eigenvalue weighted by Crippen LogP contribution is -2.51. The molecule has 7 heteroatoms. The number of nitrogens with one attached hydrogen (secondary N) is 1. The Balaban J connectivity index is 1.07. The summed E-state index contributed by atoms with van der Waals surface area (Å²) >= 11 is 3.47. The molecule has 1 fully saturated rings. The molecule has 4 aromatic rings. The van der Waals surface area contributed by atoms with Crippen molar-refractivity contribution in [2.24, 2.45) is 0 Å². The molecule has 200 valence electrons. The summed E-state index contributed by atoms with van der Waals surface area (Å²) < 4.78 is 7.19. The van der Waals surface area contributed by atoms with Gasteiger partial charge in [-0.2, -0.15) is 0 Å². The van der Waals surface area contributed by atoms with E-state index in [1.54, 1.807) is 0 Å². The molecule has 0 spiro atoms. The minimum atomic E-state index is -0.141. The predicted octanol–water partition coefficient (Wildman–Crippen LogP) is 5.18. The van der Waals surface area contributed by atoms with E-state index in [9.17, 15) is 9.59 Å². The highest BCUT2D eigenvalue weighted by Gasteiger charge is 2.22. The van der Waals surface area contributed by atoms with Gasteiger partial charge in [0.15, 0.2) is 0 Å². The van der Waals surface area contributed by atoms with Crippen molar-refractivity contribution in [1.82, 2.24) is 15.1 Å². The van der Waals surface area contributed by atoms with Gasteiger partial charge in [-0.3, -0.25) is 14.5 Å². The van der Waals surface area contributed by atoms with Gasteiger partial charge in [0.25, 0.3) is 0 Å². The van der Waals surface area contributed by atoms with Gasteiger partial charge in [0.05, 0.1) is 13.0 Å². The Kier molecular flexibility index (Phi) is 8.91. The maximum absolute atomic E-state index is 12.8. The van der Waals surface area contributed by atoms with Crippen LogP contribution in [0.4, 0.5) is 0 Å². The molecule has 1 heterocycles. The molecule has 0 atom stereocenters. The lowest BCUT2D eigenvalue weighted by molar-refractivity contribution is -0.134. The molecule has 0 unspecified atom stereocenters. The first-order valence-electron chi connectivity index (χ1n) is 13.2. The zero-order valence-corrected chi connectivity index (χ0v) is 23.4. The standard InChI is InChI=1S/C32H32BrN3O3/c33-28-14-12-24(13-15-28)23-39-30-11-4-2-7-27(30)22-35-16-18-36(19-17-35)32(38)21-34-31(37)20-26-9-5-8-25-6-1-3-10-29(25)26/h1-15H,16-23H2,(H,34,37). The molecule has 0 aliphatic carbocycles. The minimum absolute atomic E-state index is 0.0241. The van der Waals surface area contributed by atoms with Gasteiger partial charge in [-0.1, -0.05) is 88.7 Å². The number of ether oxygens (including phenoxy) is 1. The average molecular weight is 587 g/mol. The van der Waals surface area contributed by atoms with Crippen LogP contribution in [-0.2, 0) is 29.2 Å². The number of hydrogen-bond acceptors (Lipinski definition) is 4. The van der Waals surface area contributed by atoms with Crippen molar-refractivity contribution in [1.29, 1.82) is 0 Å². The topological polar surface area (TPSA) is 61.9 Å². The Morgan fingerprint density at radius 2 is 1.49 bits per heavy atom. The third-order valence-electron chi connectivity index (χ3n) is 7.07. The van der Waals surface area contributed by atoms with E-state index in [1.165, 1.54) is 0 Å². The van der Waals surface area contributed by atoms with E-state index in [-0.39, 0.29) is 24.8 Å². The summed E-state index contributed by atoms with van der Waals surface area (Å²) in [7, 11) is 0. The number of piperazine rings is 1. The second-order valence-corrected chi connectivity index (χ2v) is 10.7. The lowest BCUT2D eigenvalue weighted by Gasteiger charge is -2.35. The molecule has 0 bridgehead atoms. The number of nitrogens with zero attached hydrogens (tertiary/aromatic N) is 2. The fraction of sp³-hybridized carbons (Fsp3) is 0.250. The Morgan fingerprint density at radius 1 is 0.795 bits per heavy atom. The molecule has 1 N–H and O–H groups in total. The Bertz CT molecular complexity index is 1430. The molecular weight excluding hydrogens is 554 g/mol. The first kappa shape index (κ1) is 26.9. The molecule has 1 saturated heterocycles. The first-order chi connectivity index (χ1) is 19.0. The zero-order valence-electron chi connectivity index (χ0n) is 21.8. The van der Waals surface area contributed by atoms with Crippen LogP contribution >= 0.6 is 15.9 Å². The van der Waals surface area contributed by atoms with E-state index in [1.807, 2.05) is 77.7 Å². The van der Waals surface area contributed by atoms with Gasteiger partial charge in [0.1, 0.15) is 12.4 Å². The molecule has 1 aliphatic rings. The van der Waals surface area contributed by atoms with Crippen molar-refractivity contribution in [2.75, 3.05) is 32.7 Å². The minimum Gasteiger partial charge on any atom is -0.489 e. The van der Waals surface area contributed by atoms with Gasteiger partial charge < -0.3 is 15.0 Å². The second-order valence-electron chi connectivity index (χ2n) is 9.77. The lowest BCUT2D eigenvalue weighted by atomic mass is 10.0. The van der Waals surface area contributed by atoms with E-state index >= 15 is 0 Å². The smallest absolute Gasteiger partial charge is 0.242 e. The summed E-state index contributed by atoms with van der Waals surface area (Å²) in [6, 6.07) is 30.2. The maximum atomic E-state index is 12.8. The van der Waals surface area contributed by atoms with Gasteiger partial charge in [-0.05, 0) is 40.1 Å². The molecule has 4 aromatic carbocycles. The third-order valence-corrected chi connectivity index (χ3v) is 7.60. The van der Waals surface area contributed by atoms with E-state index in [2.05, 4.69) is 44.3 Å². The summed E-state index contributed by atoms with van der Waals surface area (Å²) in [5.41, 5.74) is 3.21. The number of carbonyl (C=O) groups excluding carboxylic acids is 2. The molecule has 6 nitrogen and oxygen atoms in total. The maximum Gasteiger partial charge on any atom is 0.242 e. The molecule has 2 amide bonds. The predicted molar refractivity (Wildman–Crippen MR) is 157 cm³/mol. The molecule has 1 aliphatic heterocycles. The third kappa shape index (κ3) is 7.25. The fourth-order valence-electron chi connectivity index (χ4n) is 4.88. The van der Waals surface area contributed by atoms with Crippen LogP contribution in [0, 0.1) is 0 Å². The number of carbonyl (C=O) groups is 2. The number of hydrogen-bond donors (Lipinski definition) is 1. The van der Waals surface area contributed by atoms with Gasteiger partial charge >= 0.3 is 0 Å². The molecular formula is C32H32BrN3O3. The number of para-hydroxylation sites is 1. The molecule has 5 rings (SSSR count). The zero-order chi connectivity index (χ0) is 27.0. The Labute approximate surface area is 237 Å². The number of benzene rings is 4. The van der Waals surface area contributed by atoms with E-state index in [4.69, 9.17) is 4.74 Å². The van der Waals surface area contributed by atoms with Gasteiger partial charge in [0, 0.05) is 42.8 Å². The largest absolute Gasteiger partial charge is 0.489 e. The Hall–Kier alpha value is -3.68. The Morgan fingerprint density at radius 3 is 2.31 bits per heavy atom.